The molecule has 1 N–H and O–H groups in total. The molecule has 1 amide bonds. The first-order chi connectivity index (χ1) is 19.2. The molecule has 0 bridgehead atoms. The molecular weight excluding hydrogens is 539 g/mol. The zero-order chi connectivity index (χ0) is 28.3. The fourth-order valence-corrected chi connectivity index (χ4v) is 8.14. The molecule has 3 aromatic carbocycles. The lowest BCUT2D eigenvalue weighted by Gasteiger charge is -2.34. The predicted molar refractivity (Wildman–Crippen MR) is 163 cm³/mol. The average molecular weight is 574 g/mol. The number of hydrogen-bond donors (Lipinski definition) is 1. The first-order valence-corrected chi connectivity index (χ1v) is 16.1. The molecular formula is C32H35N3O3S2. The van der Waals surface area contributed by atoms with E-state index >= 15 is 0 Å². The maximum absolute atomic E-state index is 13.2. The second kappa shape index (κ2) is 12.0. The minimum atomic E-state index is -3.60. The van der Waals surface area contributed by atoms with Gasteiger partial charge < -0.3 is 0 Å². The van der Waals surface area contributed by atoms with Crippen molar-refractivity contribution in [1.82, 2.24) is 9.29 Å². The lowest BCUT2D eigenvalue weighted by molar-refractivity contribution is 0.102. The van der Waals surface area contributed by atoms with E-state index in [0.29, 0.717) is 35.6 Å². The maximum atomic E-state index is 13.2. The number of aryl methyl sites for hydroxylation is 1. The van der Waals surface area contributed by atoms with Crippen LogP contribution in [0.1, 0.15) is 48.8 Å². The standard InChI is InChI=1S/C32H35N3O3S2/c1-4-8-29-30(26-13-11-25(12-14-26)24-9-6-5-7-10-24)33-32(39-29)34-31(36)27-15-17-28(18-16-27)40(37,38)35-20-22(2)19-23(3)21-35/h5-7,9-18,22-23H,4,8,19-21H2,1-3H3,(H,33,34,36). The van der Waals surface area contributed by atoms with Crippen LogP contribution in [-0.2, 0) is 16.4 Å². The van der Waals surface area contributed by atoms with Gasteiger partial charge in [0.15, 0.2) is 5.13 Å². The van der Waals surface area contributed by atoms with E-state index in [9.17, 15) is 13.2 Å². The summed E-state index contributed by atoms with van der Waals surface area (Å²) in [6.45, 7) is 7.34. The van der Waals surface area contributed by atoms with Crippen LogP contribution in [0.2, 0.25) is 0 Å². The van der Waals surface area contributed by atoms with E-state index in [-0.39, 0.29) is 10.8 Å². The summed E-state index contributed by atoms with van der Waals surface area (Å²) in [6, 6.07) is 24.8. The number of anilines is 1. The van der Waals surface area contributed by atoms with Gasteiger partial charge in [-0.2, -0.15) is 4.31 Å². The third-order valence-corrected chi connectivity index (χ3v) is 10.1. The van der Waals surface area contributed by atoms with E-state index in [4.69, 9.17) is 4.98 Å². The molecule has 1 aliphatic rings. The van der Waals surface area contributed by atoms with Crippen LogP contribution in [-0.4, -0.2) is 36.7 Å². The van der Waals surface area contributed by atoms with Crippen molar-refractivity contribution in [2.75, 3.05) is 18.4 Å². The Hall–Kier alpha value is -3.33. The number of piperidine rings is 1. The van der Waals surface area contributed by atoms with Crippen LogP contribution in [0, 0.1) is 11.8 Å². The summed E-state index contributed by atoms with van der Waals surface area (Å²) < 4.78 is 28.0. The second-order valence-electron chi connectivity index (χ2n) is 10.7. The normalized spacial score (nSPS) is 18.0. The van der Waals surface area contributed by atoms with Crippen LogP contribution >= 0.6 is 11.3 Å². The van der Waals surface area contributed by atoms with Gasteiger partial charge in [0.25, 0.3) is 5.91 Å². The zero-order valence-electron chi connectivity index (χ0n) is 23.1. The van der Waals surface area contributed by atoms with Crippen LogP contribution in [0.5, 0.6) is 0 Å². The van der Waals surface area contributed by atoms with Gasteiger partial charge in [-0.3, -0.25) is 10.1 Å². The summed E-state index contributed by atoms with van der Waals surface area (Å²) in [5.41, 5.74) is 4.58. The van der Waals surface area contributed by atoms with Gasteiger partial charge >= 0.3 is 0 Å². The number of nitrogens with one attached hydrogen (secondary N) is 1. The molecule has 2 heterocycles. The minimum absolute atomic E-state index is 0.214. The first-order valence-electron chi connectivity index (χ1n) is 13.8. The molecule has 0 spiro atoms. The third kappa shape index (κ3) is 6.19. The largest absolute Gasteiger partial charge is 0.298 e. The highest BCUT2D eigenvalue weighted by Crippen LogP contribution is 2.34. The van der Waals surface area contributed by atoms with E-state index in [0.717, 1.165) is 46.5 Å². The number of amides is 1. The van der Waals surface area contributed by atoms with Crippen LogP contribution in [0.15, 0.2) is 83.8 Å². The van der Waals surface area contributed by atoms with Crippen molar-refractivity contribution in [3.05, 3.63) is 89.3 Å². The summed E-state index contributed by atoms with van der Waals surface area (Å²) in [6.07, 6.45) is 2.86. The van der Waals surface area contributed by atoms with Gasteiger partial charge in [-0.05, 0) is 60.1 Å². The van der Waals surface area contributed by atoms with E-state index in [2.05, 4.69) is 62.5 Å². The van der Waals surface area contributed by atoms with Crippen LogP contribution in [0.4, 0.5) is 5.13 Å². The number of rotatable bonds is 8. The fraction of sp³-hybridized carbons (Fsp3) is 0.312. The van der Waals surface area contributed by atoms with Gasteiger partial charge in [0, 0.05) is 29.1 Å². The number of benzene rings is 3. The molecule has 1 fully saturated rings. The van der Waals surface area contributed by atoms with E-state index in [1.165, 1.54) is 23.5 Å². The molecule has 0 aliphatic carbocycles. The monoisotopic (exact) mass is 573 g/mol. The Labute approximate surface area is 241 Å². The molecule has 5 rings (SSSR count). The fourth-order valence-electron chi connectivity index (χ4n) is 5.38. The maximum Gasteiger partial charge on any atom is 0.257 e. The first kappa shape index (κ1) is 28.2. The van der Waals surface area contributed by atoms with E-state index < -0.39 is 10.0 Å². The quantitative estimate of drug-likeness (QED) is 0.239. The lowest BCUT2D eigenvalue weighted by atomic mass is 9.94. The summed E-state index contributed by atoms with van der Waals surface area (Å²) in [5, 5.41) is 3.46. The number of nitrogens with zero attached hydrogens (tertiary/aromatic N) is 2. The number of hydrogen-bond acceptors (Lipinski definition) is 5. The molecule has 1 aliphatic heterocycles. The van der Waals surface area contributed by atoms with Gasteiger partial charge in [-0.1, -0.05) is 81.8 Å². The van der Waals surface area contributed by atoms with Crippen molar-refractivity contribution in [3.63, 3.8) is 0 Å². The summed E-state index contributed by atoms with van der Waals surface area (Å²) in [7, 11) is -3.60. The summed E-state index contributed by atoms with van der Waals surface area (Å²) >= 11 is 1.48. The van der Waals surface area contributed by atoms with E-state index in [1.54, 1.807) is 16.4 Å². The van der Waals surface area contributed by atoms with E-state index in [1.807, 2.05) is 18.2 Å². The lowest BCUT2D eigenvalue weighted by Crippen LogP contribution is -2.42. The Balaban J connectivity index is 1.32. The van der Waals surface area contributed by atoms with Gasteiger partial charge in [0.2, 0.25) is 10.0 Å². The Morgan fingerprint density at radius 2 is 1.50 bits per heavy atom. The highest BCUT2D eigenvalue weighted by atomic mass is 32.2. The Kier molecular flexibility index (Phi) is 8.49. The average Bonchev–Trinajstić information content (AvgIpc) is 3.35. The molecule has 0 radical (unpaired) electrons. The molecule has 0 saturated carbocycles. The minimum Gasteiger partial charge on any atom is -0.298 e. The van der Waals surface area contributed by atoms with Gasteiger partial charge in [0.1, 0.15) is 0 Å². The number of sulfonamides is 1. The zero-order valence-corrected chi connectivity index (χ0v) is 24.8. The number of thiazole rings is 1. The molecule has 8 heteroatoms. The topological polar surface area (TPSA) is 79.4 Å². The second-order valence-corrected chi connectivity index (χ2v) is 13.8. The van der Waals surface area contributed by atoms with Crippen molar-refractivity contribution in [2.45, 2.75) is 44.9 Å². The Morgan fingerprint density at radius 1 is 0.900 bits per heavy atom. The molecule has 6 nitrogen and oxygen atoms in total. The molecule has 208 valence electrons. The summed E-state index contributed by atoms with van der Waals surface area (Å²) in [4.78, 5) is 19.2. The highest BCUT2D eigenvalue weighted by Gasteiger charge is 2.31. The smallest absolute Gasteiger partial charge is 0.257 e. The SMILES string of the molecule is CCCc1sc(NC(=O)c2ccc(S(=O)(=O)N3CC(C)CC(C)C3)cc2)nc1-c1ccc(-c2ccccc2)cc1. The van der Waals surface area contributed by atoms with Crippen molar-refractivity contribution >= 4 is 32.4 Å². The predicted octanol–water partition coefficient (Wildman–Crippen LogP) is 7.35. The van der Waals surface area contributed by atoms with Gasteiger partial charge in [-0.15, -0.1) is 11.3 Å². The van der Waals surface area contributed by atoms with Gasteiger partial charge in [-0.25, -0.2) is 13.4 Å². The molecule has 2 unspecified atom stereocenters. The summed E-state index contributed by atoms with van der Waals surface area (Å²) in [5.74, 6) is 0.337. The third-order valence-electron chi connectivity index (χ3n) is 7.25. The van der Waals surface area contributed by atoms with Crippen molar-refractivity contribution in [2.24, 2.45) is 11.8 Å². The van der Waals surface area contributed by atoms with Crippen LogP contribution in [0.25, 0.3) is 22.4 Å². The van der Waals surface area contributed by atoms with Crippen molar-refractivity contribution in [3.8, 4) is 22.4 Å². The highest BCUT2D eigenvalue weighted by molar-refractivity contribution is 7.89. The number of carbonyl (C=O) groups excluding carboxylic acids is 1. The molecule has 40 heavy (non-hydrogen) atoms. The molecule has 2 atom stereocenters. The van der Waals surface area contributed by atoms with Crippen molar-refractivity contribution in [1.29, 1.82) is 0 Å². The van der Waals surface area contributed by atoms with Gasteiger partial charge in [0.05, 0.1) is 10.6 Å². The van der Waals surface area contributed by atoms with Crippen molar-refractivity contribution < 1.29 is 13.2 Å². The number of carbonyl (C=O) groups is 1. The number of aromatic nitrogens is 1. The van der Waals surface area contributed by atoms with Crippen LogP contribution < -0.4 is 5.32 Å². The Bertz CT molecular complexity index is 1550. The molecule has 1 aromatic heterocycles. The van der Waals surface area contributed by atoms with Crippen LogP contribution in [0.3, 0.4) is 0 Å². The molecule has 1 saturated heterocycles. The molecule has 4 aromatic rings. The Morgan fingerprint density at radius 3 is 2.12 bits per heavy atom.